The van der Waals surface area contributed by atoms with Crippen LogP contribution >= 0.6 is 11.8 Å². The van der Waals surface area contributed by atoms with E-state index in [0.29, 0.717) is 0 Å². The molecule has 1 aliphatic rings. The summed E-state index contributed by atoms with van der Waals surface area (Å²) in [5.74, 6) is 2.16. The number of nitrogens with one attached hydrogen (secondary N) is 1. The summed E-state index contributed by atoms with van der Waals surface area (Å²) in [6, 6.07) is 0.737. The molecule has 0 aromatic heterocycles. The SMILES string of the molecule is CCCNC(CSC1CCCC1)C(C)CCC. The van der Waals surface area contributed by atoms with Gasteiger partial charge in [0.15, 0.2) is 0 Å². The maximum absolute atomic E-state index is 3.76. The molecule has 1 saturated carbocycles. The molecule has 1 aliphatic carbocycles. The quantitative estimate of drug-likeness (QED) is 0.654. The van der Waals surface area contributed by atoms with Crippen LogP contribution in [0.3, 0.4) is 0 Å². The fourth-order valence-electron chi connectivity index (χ4n) is 2.71. The van der Waals surface area contributed by atoms with Gasteiger partial charge in [0.2, 0.25) is 0 Å². The van der Waals surface area contributed by atoms with Gasteiger partial charge in [-0.2, -0.15) is 11.8 Å². The van der Waals surface area contributed by atoms with Crippen LogP contribution in [0.15, 0.2) is 0 Å². The monoisotopic (exact) mass is 257 g/mol. The molecule has 1 N–H and O–H groups in total. The van der Waals surface area contributed by atoms with Gasteiger partial charge < -0.3 is 5.32 Å². The first kappa shape index (κ1) is 15.4. The molecule has 102 valence electrons. The summed E-state index contributed by atoms with van der Waals surface area (Å²) in [7, 11) is 0. The van der Waals surface area contributed by atoms with Crippen LogP contribution in [-0.4, -0.2) is 23.6 Å². The molecule has 0 saturated heterocycles. The number of thioether (sulfide) groups is 1. The highest BCUT2D eigenvalue weighted by Gasteiger charge is 2.20. The summed E-state index contributed by atoms with van der Waals surface area (Å²) < 4.78 is 0. The predicted molar refractivity (Wildman–Crippen MR) is 80.9 cm³/mol. The van der Waals surface area contributed by atoms with E-state index >= 15 is 0 Å². The zero-order chi connectivity index (χ0) is 12.5. The Kier molecular flexibility index (Phi) is 8.38. The minimum absolute atomic E-state index is 0.737. The van der Waals surface area contributed by atoms with Gasteiger partial charge in [0.05, 0.1) is 0 Å². The Balaban J connectivity index is 2.27. The summed E-state index contributed by atoms with van der Waals surface area (Å²) in [5, 5.41) is 4.72. The maximum Gasteiger partial charge on any atom is 0.0183 e. The van der Waals surface area contributed by atoms with Crippen molar-refractivity contribution < 1.29 is 0 Å². The lowest BCUT2D eigenvalue weighted by Crippen LogP contribution is -2.38. The highest BCUT2D eigenvalue weighted by atomic mass is 32.2. The van der Waals surface area contributed by atoms with Gasteiger partial charge in [-0.25, -0.2) is 0 Å². The smallest absolute Gasteiger partial charge is 0.0183 e. The molecule has 2 heteroatoms. The van der Waals surface area contributed by atoms with Crippen molar-refractivity contribution in [3.63, 3.8) is 0 Å². The zero-order valence-corrected chi connectivity index (χ0v) is 12.8. The van der Waals surface area contributed by atoms with Crippen LogP contribution < -0.4 is 5.32 Å². The van der Waals surface area contributed by atoms with E-state index in [1.165, 1.54) is 57.2 Å². The van der Waals surface area contributed by atoms with Crippen LogP contribution in [0.4, 0.5) is 0 Å². The summed E-state index contributed by atoms with van der Waals surface area (Å²) >= 11 is 2.23. The van der Waals surface area contributed by atoms with E-state index in [1.54, 1.807) is 0 Å². The zero-order valence-electron chi connectivity index (χ0n) is 12.0. The normalized spacial score (nSPS) is 20.6. The molecule has 2 unspecified atom stereocenters. The minimum Gasteiger partial charge on any atom is -0.313 e. The fraction of sp³-hybridized carbons (Fsp3) is 1.00. The number of hydrogen-bond acceptors (Lipinski definition) is 2. The standard InChI is InChI=1S/C15H31NS/c1-4-8-13(3)15(16-11-5-2)12-17-14-9-6-7-10-14/h13-16H,4-12H2,1-3H3. The average Bonchev–Trinajstić information content (AvgIpc) is 2.82. The second kappa shape index (κ2) is 9.27. The first-order valence-corrected chi connectivity index (χ1v) is 8.67. The molecular formula is C15H31NS. The first-order valence-electron chi connectivity index (χ1n) is 7.62. The lowest BCUT2D eigenvalue weighted by Gasteiger charge is -2.26. The van der Waals surface area contributed by atoms with Crippen molar-refractivity contribution in [1.82, 2.24) is 5.32 Å². The molecule has 0 aromatic carbocycles. The molecular weight excluding hydrogens is 226 g/mol. The summed E-state index contributed by atoms with van der Waals surface area (Å²) in [5.41, 5.74) is 0. The lowest BCUT2D eigenvalue weighted by molar-refractivity contribution is 0.382. The van der Waals surface area contributed by atoms with Gasteiger partial charge in [-0.3, -0.25) is 0 Å². The average molecular weight is 257 g/mol. The number of rotatable bonds is 9. The van der Waals surface area contributed by atoms with E-state index in [-0.39, 0.29) is 0 Å². The Hall–Kier alpha value is 0.310. The maximum atomic E-state index is 3.76. The molecule has 0 aliphatic heterocycles. The van der Waals surface area contributed by atoms with Gasteiger partial charge >= 0.3 is 0 Å². The van der Waals surface area contributed by atoms with Crippen LogP contribution in [0.25, 0.3) is 0 Å². The third-order valence-corrected chi connectivity index (χ3v) is 5.40. The van der Waals surface area contributed by atoms with Crippen molar-refractivity contribution in [2.75, 3.05) is 12.3 Å². The van der Waals surface area contributed by atoms with Crippen LogP contribution in [0.2, 0.25) is 0 Å². The Morgan fingerprint density at radius 1 is 1.18 bits per heavy atom. The first-order chi connectivity index (χ1) is 8.27. The van der Waals surface area contributed by atoms with Crippen molar-refractivity contribution in [1.29, 1.82) is 0 Å². The summed E-state index contributed by atoms with van der Waals surface area (Å²) in [6.45, 7) is 8.17. The third kappa shape index (κ3) is 6.15. The Bertz CT molecular complexity index is 178. The molecule has 1 rings (SSSR count). The largest absolute Gasteiger partial charge is 0.313 e. The van der Waals surface area contributed by atoms with Gasteiger partial charge in [-0.05, 0) is 38.1 Å². The molecule has 0 bridgehead atoms. The van der Waals surface area contributed by atoms with E-state index in [9.17, 15) is 0 Å². The van der Waals surface area contributed by atoms with E-state index in [2.05, 4.69) is 37.8 Å². The molecule has 0 aromatic rings. The molecule has 0 radical (unpaired) electrons. The van der Waals surface area contributed by atoms with Crippen molar-refractivity contribution in [2.45, 2.75) is 77.0 Å². The van der Waals surface area contributed by atoms with E-state index in [4.69, 9.17) is 0 Å². The van der Waals surface area contributed by atoms with Crippen LogP contribution in [0.5, 0.6) is 0 Å². The van der Waals surface area contributed by atoms with Crippen molar-refractivity contribution in [3.8, 4) is 0 Å². The highest BCUT2D eigenvalue weighted by molar-refractivity contribution is 7.99. The lowest BCUT2D eigenvalue weighted by atomic mass is 9.98. The van der Waals surface area contributed by atoms with Gasteiger partial charge in [-0.15, -0.1) is 0 Å². The van der Waals surface area contributed by atoms with Gasteiger partial charge in [0, 0.05) is 17.0 Å². The van der Waals surface area contributed by atoms with E-state index < -0.39 is 0 Å². The molecule has 17 heavy (non-hydrogen) atoms. The Labute approximate surface area is 113 Å². The van der Waals surface area contributed by atoms with Crippen molar-refractivity contribution >= 4 is 11.8 Å². The predicted octanol–water partition coefficient (Wildman–Crippen LogP) is 4.47. The van der Waals surface area contributed by atoms with Gasteiger partial charge in [0.1, 0.15) is 0 Å². The second-order valence-corrected chi connectivity index (χ2v) is 6.90. The molecule has 2 atom stereocenters. The fourth-order valence-corrected chi connectivity index (χ4v) is 4.30. The second-order valence-electron chi connectivity index (χ2n) is 5.57. The number of hydrogen-bond donors (Lipinski definition) is 1. The molecule has 0 heterocycles. The summed E-state index contributed by atoms with van der Waals surface area (Å²) in [6.07, 6.45) is 9.81. The highest BCUT2D eigenvalue weighted by Crippen LogP contribution is 2.30. The van der Waals surface area contributed by atoms with Crippen LogP contribution in [0.1, 0.15) is 65.7 Å². The minimum atomic E-state index is 0.737. The molecule has 1 nitrogen and oxygen atoms in total. The topological polar surface area (TPSA) is 12.0 Å². The van der Waals surface area contributed by atoms with Crippen molar-refractivity contribution in [2.24, 2.45) is 5.92 Å². The Morgan fingerprint density at radius 2 is 1.88 bits per heavy atom. The molecule has 1 fully saturated rings. The van der Waals surface area contributed by atoms with E-state index in [0.717, 1.165) is 17.2 Å². The van der Waals surface area contributed by atoms with Gasteiger partial charge in [0.25, 0.3) is 0 Å². The van der Waals surface area contributed by atoms with Gasteiger partial charge in [-0.1, -0.05) is 40.0 Å². The van der Waals surface area contributed by atoms with Crippen LogP contribution in [0, 0.1) is 5.92 Å². The third-order valence-electron chi connectivity index (χ3n) is 3.90. The molecule has 0 amide bonds. The Morgan fingerprint density at radius 3 is 2.47 bits per heavy atom. The van der Waals surface area contributed by atoms with Crippen molar-refractivity contribution in [3.05, 3.63) is 0 Å². The van der Waals surface area contributed by atoms with E-state index in [1.807, 2.05) is 0 Å². The molecule has 0 spiro atoms. The van der Waals surface area contributed by atoms with Crippen LogP contribution in [-0.2, 0) is 0 Å². The summed E-state index contributed by atoms with van der Waals surface area (Å²) in [4.78, 5) is 0.